The third kappa shape index (κ3) is 2.31. The molecular weight excluding hydrogens is 124 g/mol. The van der Waals surface area contributed by atoms with E-state index in [1.165, 1.54) is 0 Å². The summed E-state index contributed by atoms with van der Waals surface area (Å²) in [5, 5.41) is 0. The molecule has 10 heavy (non-hydrogen) atoms. The zero-order chi connectivity index (χ0) is 7.98. The van der Waals surface area contributed by atoms with Gasteiger partial charge in [0.2, 0.25) is 0 Å². The molecule has 0 fully saturated rings. The quantitative estimate of drug-likeness (QED) is 0.464. The summed E-state index contributed by atoms with van der Waals surface area (Å²) in [6.45, 7) is 8.88. The normalized spacial score (nSPS) is 12.9. The number of aliphatic imine (C=N–C) groups is 1. The summed E-state index contributed by atoms with van der Waals surface area (Å²) in [4.78, 5) is 3.95. The van der Waals surface area contributed by atoms with Gasteiger partial charge in [-0.25, -0.2) is 0 Å². The third-order valence-electron chi connectivity index (χ3n) is 0.977. The minimum absolute atomic E-state index is 0.549. The van der Waals surface area contributed by atoms with E-state index >= 15 is 0 Å². The molecule has 2 N–H and O–H groups in total. The van der Waals surface area contributed by atoms with Gasteiger partial charge in [-0.3, -0.25) is 4.99 Å². The van der Waals surface area contributed by atoms with Crippen LogP contribution >= 0.6 is 0 Å². The van der Waals surface area contributed by atoms with E-state index in [2.05, 4.69) is 18.2 Å². The van der Waals surface area contributed by atoms with Gasteiger partial charge in [0, 0.05) is 6.21 Å². The van der Waals surface area contributed by atoms with Gasteiger partial charge in [-0.2, -0.15) is 0 Å². The Morgan fingerprint density at radius 3 is 2.30 bits per heavy atom. The standard InChI is InChI=1S/C8H12N2/c1-4-7(9)8(5-2)10-6-3/h4-6H,1-2,9H2,3H3/b8-7-,10-6?. The van der Waals surface area contributed by atoms with Crippen LogP contribution in [0.2, 0.25) is 0 Å². The lowest BCUT2D eigenvalue weighted by molar-refractivity contribution is 1.28. The van der Waals surface area contributed by atoms with Crippen LogP contribution in [0.4, 0.5) is 0 Å². The first-order valence-electron chi connectivity index (χ1n) is 2.99. The Bertz CT molecular complexity index is 187. The van der Waals surface area contributed by atoms with E-state index in [9.17, 15) is 0 Å². The smallest absolute Gasteiger partial charge is 0.0848 e. The first-order valence-corrected chi connectivity index (χ1v) is 2.99. The summed E-state index contributed by atoms with van der Waals surface area (Å²) in [6, 6.07) is 0. The van der Waals surface area contributed by atoms with E-state index in [0.29, 0.717) is 11.4 Å². The summed E-state index contributed by atoms with van der Waals surface area (Å²) in [5.41, 5.74) is 6.70. The van der Waals surface area contributed by atoms with Crippen LogP contribution < -0.4 is 5.73 Å². The molecule has 0 aromatic carbocycles. The molecule has 0 aliphatic carbocycles. The van der Waals surface area contributed by atoms with Crippen molar-refractivity contribution in [1.82, 2.24) is 0 Å². The van der Waals surface area contributed by atoms with Crippen molar-refractivity contribution in [3.05, 3.63) is 36.7 Å². The summed E-state index contributed by atoms with van der Waals surface area (Å²) in [5.74, 6) is 0. The first kappa shape index (κ1) is 8.69. The lowest BCUT2D eigenvalue weighted by Crippen LogP contribution is -1.95. The summed E-state index contributed by atoms with van der Waals surface area (Å²) < 4.78 is 0. The zero-order valence-electron chi connectivity index (χ0n) is 6.17. The average molecular weight is 136 g/mol. The van der Waals surface area contributed by atoms with Crippen molar-refractivity contribution in [3.63, 3.8) is 0 Å². The Labute approximate surface area is 61.5 Å². The maximum absolute atomic E-state index is 5.49. The number of hydrogen-bond donors (Lipinski definition) is 1. The topological polar surface area (TPSA) is 38.4 Å². The molecule has 54 valence electrons. The van der Waals surface area contributed by atoms with Crippen molar-refractivity contribution in [2.45, 2.75) is 6.92 Å². The van der Waals surface area contributed by atoms with Crippen LogP contribution in [0.1, 0.15) is 6.92 Å². The van der Waals surface area contributed by atoms with Crippen LogP contribution in [-0.4, -0.2) is 6.21 Å². The SMILES string of the molecule is C=C/C(N)=C(\C=C)N=CC. The lowest BCUT2D eigenvalue weighted by Gasteiger charge is -1.95. The fourth-order valence-corrected chi connectivity index (χ4v) is 0.489. The molecule has 0 aromatic rings. The van der Waals surface area contributed by atoms with Crippen LogP contribution in [-0.2, 0) is 0 Å². The highest BCUT2D eigenvalue weighted by molar-refractivity contribution is 5.56. The Balaban J connectivity index is 4.61. The number of hydrogen-bond acceptors (Lipinski definition) is 2. The van der Waals surface area contributed by atoms with E-state index < -0.39 is 0 Å². The minimum atomic E-state index is 0.549. The van der Waals surface area contributed by atoms with E-state index in [0.717, 1.165) is 0 Å². The second-order valence-electron chi connectivity index (χ2n) is 1.64. The predicted molar refractivity (Wildman–Crippen MR) is 45.8 cm³/mol. The Kier molecular flexibility index (Phi) is 3.96. The molecule has 0 aromatic heterocycles. The van der Waals surface area contributed by atoms with Crippen LogP contribution in [0.15, 0.2) is 41.7 Å². The molecule has 0 bridgehead atoms. The van der Waals surface area contributed by atoms with Crippen LogP contribution in [0.3, 0.4) is 0 Å². The fraction of sp³-hybridized carbons (Fsp3) is 0.125. The summed E-state index contributed by atoms with van der Waals surface area (Å²) in [7, 11) is 0. The summed E-state index contributed by atoms with van der Waals surface area (Å²) in [6.07, 6.45) is 4.80. The molecule has 0 spiro atoms. The first-order chi connectivity index (χ1) is 4.76. The second kappa shape index (κ2) is 4.56. The molecule has 0 unspecified atom stereocenters. The monoisotopic (exact) mass is 136 g/mol. The number of rotatable bonds is 3. The molecule has 0 radical (unpaired) electrons. The van der Waals surface area contributed by atoms with Crippen molar-refractivity contribution in [2.75, 3.05) is 0 Å². The highest BCUT2D eigenvalue weighted by Crippen LogP contribution is 2.01. The third-order valence-corrected chi connectivity index (χ3v) is 0.977. The highest BCUT2D eigenvalue weighted by Gasteiger charge is 1.89. The average Bonchev–Trinajstić information content (AvgIpc) is 1.99. The second-order valence-corrected chi connectivity index (χ2v) is 1.64. The molecule has 0 saturated heterocycles. The molecule has 0 rings (SSSR count). The number of allylic oxidation sites excluding steroid dienone is 2. The van der Waals surface area contributed by atoms with Crippen molar-refractivity contribution in [1.29, 1.82) is 0 Å². The van der Waals surface area contributed by atoms with Crippen LogP contribution in [0.25, 0.3) is 0 Å². The van der Waals surface area contributed by atoms with Gasteiger partial charge in [0.15, 0.2) is 0 Å². The molecule has 0 heterocycles. The van der Waals surface area contributed by atoms with Crippen LogP contribution in [0.5, 0.6) is 0 Å². The van der Waals surface area contributed by atoms with Gasteiger partial charge in [0.1, 0.15) is 0 Å². The highest BCUT2D eigenvalue weighted by atomic mass is 14.8. The molecule has 0 aliphatic rings. The molecule has 0 saturated carbocycles. The molecule has 0 aliphatic heterocycles. The Morgan fingerprint density at radius 1 is 1.40 bits per heavy atom. The zero-order valence-corrected chi connectivity index (χ0v) is 6.17. The van der Waals surface area contributed by atoms with Crippen LogP contribution in [0, 0.1) is 0 Å². The van der Waals surface area contributed by atoms with Crippen molar-refractivity contribution in [3.8, 4) is 0 Å². The van der Waals surface area contributed by atoms with Gasteiger partial charge < -0.3 is 5.73 Å². The Hall–Kier alpha value is -1.31. The lowest BCUT2D eigenvalue weighted by atomic mass is 10.3. The maximum Gasteiger partial charge on any atom is 0.0848 e. The molecule has 2 heteroatoms. The van der Waals surface area contributed by atoms with Gasteiger partial charge in [-0.15, -0.1) is 0 Å². The predicted octanol–water partition coefficient (Wildman–Crippen LogP) is 1.62. The number of nitrogens with two attached hydrogens (primary N) is 1. The van der Waals surface area contributed by atoms with Gasteiger partial charge in [-0.05, 0) is 19.1 Å². The van der Waals surface area contributed by atoms with Crippen molar-refractivity contribution < 1.29 is 0 Å². The molecule has 0 atom stereocenters. The Morgan fingerprint density at radius 2 is 2.00 bits per heavy atom. The van der Waals surface area contributed by atoms with E-state index in [-0.39, 0.29) is 0 Å². The molecular formula is C8H12N2. The van der Waals surface area contributed by atoms with Gasteiger partial charge >= 0.3 is 0 Å². The molecule has 2 nitrogen and oxygen atoms in total. The number of nitrogens with zero attached hydrogens (tertiary/aromatic N) is 1. The molecule has 0 amide bonds. The van der Waals surface area contributed by atoms with Crippen molar-refractivity contribution in [2.24, 2.45) is 10.7 Å². The van der Waals surface area contributed by atoms with Gasteiger partial charge in [0.05, 0.1) is 11.4 Å². The van der Waals surface area contributed by atoms with Gasteiger partial charge in [-0.1, -0.05) is 13.2 Å². The van der Waals surface area contributed by atoms with E-state index in [1.54, 1.807) is 18.4 Å². The fourth-order valence-electron chi connectivity index (χ4n) is 0.489. The minimum Gasteiger partial charge on any atom is -0.397 e. The van der Waals surface area contributed by atoms with E-state index in [4.69, 9.17) is 5.73 Å². The van der Waals surface area contributed by atoms with E-state index in [1.807, 2.05) is 6.92 Å². The summed E-state index contributed by atoms with van der Waals surface area (Å²) >= 11 is 0. The van der Waals surface area contributed by atoms with Crippen molar-refractivity contribution >= 4 is 6.21 Å². The van der Waals surface area contributed by atoms with Gasteiger partial charge in [0.25, 0.3) is 0 Å². The largest absolute Gasteiger partial charge is 0.397 e. The maximum atomic E-state index is 5.49.